The molecule has 0 amide bonds. The third-order valence-corrected chi connectivity index (χ3v) is 8.54. The number of carbonyl (C=O) groups is 1. The SMILES string of the molecule is CCC1(C(=O)c2c(C)c3c(Nc4ccc(OCc5cccc(F)c5)c(Cl)c4)nncc3n2CCOCCOC)CC1C. The summed E-state index contributed by atoms with van der Waals surface area (Å²) in [5.41, 5.74) is 3.40. The normalized spacial score (nSPS) is 17.9. The zero-order valence-corrected chi connectivity index (χ0v) is 25.1. The van der Waals surface area contributed by atoms with Crippen molar-refractivity contribution in [2.75, 3.05) is 32.2 Å². The van der Waals surface area contributed by atoms with E-state index in [0.29, 0.717) is 65.8 Å². The number of hydrogen-bond acceptors (Lipinski definition) is 7. The van der Waals surface area contributed by atoms with Crippen molar-refractivity contribution in [3.8, 4) is 5.75 Å². The van der Waals surface area contributed by atoms with Gasteiger partial charge in [0.05, 0.1) is 42.3 Å². The van der Waals surface area contributed by atoms with Crippen molar-refractivity contribution < 1.29 is 23.4 Å². The summed E-state index contributed by atoms with van der Waals surface area (Å²) in [5, 5.41) is 13.2. The average Bonchev–Trinajstić information content (AvgIpc) is 3.57. The first-order valence-corrected chi connectivity index (χ1v) is 14.6. The molecule has 2 atom stereocenters. The minimum Gasteiger partial charge on any atom is -0.487 e. The fourth-order valence-corrected chi connectivity index (χ4v) is 5.95. The standard InChI is InChI=1S/C32H36ClFN4O4/c1-5-32(17-20(32)2)30(39)29-21(3)28-26(38(29)11-12-41-14-13-40-4)18-35-37-31(28)36-24-9-10-27(25(33)16-24)42-19-22-7-6-8-23(34)15-22/h6-10,15-16,18,20H,5,11-14,17,19H2,1-4H3,(H,36,37). The van der Waals surface area contributed by atoms with Gasteiger partial charge >= 0.3 is 0 Å². The van der Waals surface area contributed by atoms with Crippen molar-refractivity contribution in [3.05, 3.63) is 76.3 Å². The minimum atomic E-state index is -0.336. The van der Waals surface area contributed by atoms with Crippen molar-refractivity contribution in [2.45, 2.75) is 46.8 Å². The average molecular weight is 595 g/mol. The van der Waals surface area contributed by atoms with E-state index < -0.39 is 0 Å². The van der Waals surface area contributed by atoms with Crippen molar-refractivity contribution in [3.63, 3.8) is 0 Å². The highest BCUT2D eigenvalue weighted by molar-refractivity contribution is 6.32. The number of benzene rings is 2. The number of aryl methyl sites for hydroxylation is 1. The topological polar surface area (TPSA) is 87.5 Å². The molecule has 1 aliphatic carbocycles. The van der Waals surface area contributed by atoms with Crippen LogP contribution in [-0.4, -0.2) is 47.5 Å². The number of rotatable bonds is 14. The number of carbonyl (C=O) groups excluding carboxylic acids is 1. The van der Waals surface area contributed by atoms with Crippen LogP contribution in [0.1, 0.15) is 48.3 Å². The van der Waals surface area contributed by atoms with E-state index in [4.69, 9.17) is 25.8 Å². The largest absolute Gasteiger partial charge is 0.487 e. The van der Waals surface area contributed by atoms with Crippen molar-refractivity contribution in [2.24, 2.45) is 11.3 Å². The molecular weight excluding hydrogens is 559 g/mol. The van der Waals surface area contributed by atoms with Crippen LogP contribution >= 0.6 is 11.6 Å². The highest BCUT2D eigenvalue weighted by atomic mass is 35.5. The van der Waals surface area contributed by atoms with Crippen molar-refractivity contribution in [1.29, 1.82) is 0 Å². The van der Waals surface area contributed by atoms with Gasteiger partial charge in [0.1, 0.15) is 18.2 Å². The van der Waals surface area contributed by atoms with E-state index in [1.165, 1.54) is 12.1 Å². The monoisotopic (exact) mass is 594 g/mol. The van der Waals surface area contributed by atoms with E-state index in [0.717, 1.165) is 29.3 Å². The molecule has 0 saturated heterocycles. The van der Waals surface area contributed by atoms with Gasteiger partial charge in [-0.3, -0.25) is 4.79 Å². The van der Waals surface area contributed by atoms with E-state index in [9.17, 15) is 9.18 Å². The second-order valence-electron chi connectivity index (χ2n) is 10.8. The molecular formula is C32H36ClFN4O4. The summed E-state index contributed by atoms with van der Waals surface area (Å²) < 4.78 is 32.2. The Balaban J connectivity index is 1.44. The van der Waals surface area contributed by atoms with Crippen LogP contribution in [0, 0.1) is 24.1 Å². The van der Waals surface area contributed by atoms with Crippen LogP contribution in [0.4, 0.5) is 15.9 Å². The number of halogens is 2. The molecule has 0 radical (unpaired) electrons. The Morgan fingerprint density at radius 3 is 2.71 bits per heavy atom. The number of hydrogen-bond donors (Lipinski definition) is 1. The number of anilines is 2. The zero-order valence-electron chi connectivity index (χ0n) is 24.4. The number of ether oxygens (including phenoxy) is 3. The highest BCUT2D eigenvalue weighted by Gasteiger charge is 2.56. The molecule has 1 aliphatic rings. The van der Waals surface area contributed by atoms with Crippen molar-refractivity contribution >= 4 is 39.8 Å². The fraction of sp³-hybridized carbons (Fsp3) is 0.406. The summed E-state index contributed by atoms with van der Waals surface area (Å²) in [7, 11) is 1.64. The van der Waals surface area contributed by atoms with Gasteiger partial charge < -0.3 is 24.1 Å². The summed E-state index contributed by atoms with van der Waals surface area (Å²) in [6.07, 6.45) is 3.39. The van der Waals surface area contributed by atoms with E-state index in [2.05, 4.69) is 29.4 Å². The summed E-state index contributed by atoms with van der Waals surface area (Å²) in [6, 6.07) is 11.6. The van der Waals surface area contributed by atoms with Gasteiger partial charge in [0.15, 0.2) is 11.6 Å². The number of fused-ring (bicyclic) bond motifs is 1. The number of nitrogens with zero attached hydrogens (tertiary/aromatic N) is 3. The van der Waals surface area contributed by atoms with E-state index >= 15 is 0 Å². The van der Waals surface area contributed by atoms with Gasteiger partial charge in [0.25, 0.3) is 0 Å². The Kier molecular flexibility index (Phi) is 9.11. The molecule has 5 rings (SSSR count). The maximum Gasteiger partial charge on any atom is 0.185 e. The predicted octanol–water partition coefficient (Wildman–Crippen LogP) is 7.14. The van der Waals surface area contributed by atoms with Gasteiger partial charge in [-0.1, -0.05) is 37.6 Å². The second-order valence-corrected chi connectivity index (χ2v) is 11.2. The van der Waals surface area contributed by atoms with Gasteiger partial charge in [-0.25, -0.2) is 4.39 Å². The Bertz CT molecular complexity index is 1590. The molecule has 2 aromatic heterocycles. The molecule has 0 aliphatic heterocycles. The second kappa shape index (κ2) is 12.8. The van der Waals surface area contributed by atoms with E-state index in [1.807, 2.05) is 17.6 Å². The van der Waals surface area contributed by atoms with Gasteiger partial charge in [0, 0.05) is 30.1 Å². The summed E-state index contributed by atoms with van der Waals surface area (Å²) in [6.45, 7) is 8.29. The molecule has 2 aromatic carbocycles. The predicted molar refractivity (Wildman–Crippen MR) is 161 cm³/mol. The lowest BCUT2D eigenvalue weighted by molar-refractivity contribution is 0.0662. The number of aromatic nitrogens is 3. The van der Waals surface area contributed by atoms with Crippen LogP contribution in [0.3, 0.4) is 0 Å². The number of nitrogens with one attached hydrogen (secondary N) is 1. The van der Waals surface area contributed by atoms with Crippen LogP contribution < -0.4 is 10.1 Å². The maximum absolute atomic E-state index is 14.1. The molecule has 4 aromatic rings. The third-order valence-electron chi connectivity index (χ3n) is 8.24. The van der Waals surface area contributed by atoms with Gasteiger partial charge in [-0.15, -0.1) is 5.10 Å². The first kappa shape index (κ1) is 29.9. The summed E-state index contributed by atoms with van der Waals surface area (Å²) in [4.78, 5) is 14.1. The summed E-state index contributed by atoms with van der Waals surface area (Å²) in [5.74, 6) is 1.19. The Labute approximate surface area is 250 Å². The van der Waals surface area contributed by atoms with E-state index in [1.54, 1.807) is 37.6 Å². The third kappa shape index (κ3) is 6.00. The van der Waals surface area contributed by atoms with Crippen LogP contribution in [0.5, 0.6) is 5.75 Å². The smallest absolute Gasteiger partial charge is 0.185 e. The Morgan fingerprint density at radius 1 is 1.21 bits per heavy atom. The lowest BCUT2D eigenvalue weighted by Crippen LogP contribution is -2.23. The molecule has 8 nitrogen and oxygen atoms in total. The molecule has 1 fully saturated rings. The molecule has 2 unspecified atom stereocenters. The first-order valence-electron chi connectivity index (χ1n) is 14.2. The van der Waals surface area contributed by atoms with E-state index in [-0.39, 0.29) is 23.6 Å². The molecule has 42 heavy (non-hydrogen) atoms. The van der Waals surface area contributed by atoms with Crippen molar-refractivity contribution in [1.82, 2.24) is 14.8 Å². The molecule has 1 N–H and O–H groups in total. The molecule has 222 valence electrons. The highest BCUT2D eigenvalue weighted by Crippen LogP contribution is 2.57. The first-order chi connectivity index (χ1) is 20.3. The lowest BCUT2D eigenvalue weighted by Gasteiger charge is -2.17. The Morgan fingerprint density at radius 2 is 2.02 bits per heavy atom. The van der Waals surface area contributed by atoms with Crippen LogP contribution in [0.25, 0.3) is 10.9 Å². The van der Waals surface area contributed by atoms with Gasteiger partial charge in [-0.2, -0.15) is 5.10 Å². The zero-order chi connectivity index (χ0) is 29.9. The van der Waals surface area contributed by atoms with Crippen LogP contribution in [0.15, 0.2) is 48.7 Å². The van der Waals surface area contributed by atoms with Gasteiger partial charge in [0.2, 0.25) is 0 Å². The lowest BCUT2D eigenvalue weighted by atomic mass is 9.91. The number of Topliss-reactive ketones (excluding diaryl/α,β-unsaturated/α-hetero) is 1. The molecule has 0 spiro atoms. The Hall–Kier alpha value is -3.53. The maximum atomic E-state index is 14.1. The van der Waals surface area contributed by atoms with Crippen LogP contribution in [-0.2, 0) is 22.6 Å². The quantitative estimate of drug-likeness (QED) is 0.123. The summed E-state index contributed by atoms with van der Waals surface area (Å²) >= 11 is 6.55. The minimum absolute atomic E-state index is 0.164. The number of ketones is 1. The number of methoxy groups -OCH3 is 1. The van der Waals surface area contributed by atoms with Crippen LogP contribution in [0.2, 0.25) is 5.02 Å². The molecule has 1 saturated carbocycles. The van der Waals surface area contributed by atoms with Gasteiger partial charge in [-0.05, 0) is 67.1 Å². The molecule has 10 heteroatoms. The molecule has 0 bridgehead atoms. The fourth-order valence-electron chi connectivity index (χ4n) is 5.72. The molecule has 2 heterocycles.